The van der Waals surface area contributed by atoms with Crippen LogP contribution in [0.2, 0.25) is 0 Å². The van der Waals surface area contributed by atoms with Crippen molar-refractivity contribution in [2.75, 3.05) is 6.61 Å². The summed E-state index contributed by atoms with van der Waals surface area (Å²) < 4.78 is 7.07. The fourth-order valence-corrected chi connectivity index (χ4v) is 3.09. The topological polar surface area (TPSA) is 89.4 Å². The zero-order chi connectivity index (χ0) is 21.7. The molecule has 0 saturated heterocycles. The van der Waals surface area contributed by atoms with Crippen molar-refractivity contribution in [1.82, 2.24) is 15.4 Å². The number of hydrogen-bond donors (Lipinski definition) is 2. The quantitative estimate of drug-likeness (QED) is 0.504. The number of benzene rings is 2. The van der Waals surface area contributed by atoms with Gasteiger partial charge in [0.25, 0.3) is 11.8 Å². The lowest BCUT2D eigenvalue weighted by atomic mass is 10.2. The van der Waals surface area contributed by atoms with Crippen molar-refractivity contribution in [3.8, 4) is 5.69 Å². The van der Waals surface area contributed by atoms with Crippen LogP contribution in [0.4, 0.5) is 0 Å². The van der Waals surface area contributed by atoms with Crippen molar-refractivity contribution >= 4 is 17.8 Å². The van der Waals surface area contributed by atoms with Gasteiger partial charge in [0.05, 0.1) is 5.56 Å². The van der Waals surface area contributed by atoms with Crippen molar-refractivity contribution in [3.05, 3.63) is 88.7 Å². The van der Waals surface area contributed by atoms with Crippen LogP contribution in [0.5, 0.6) is 0 Å². The lowest BCUT2D eigenvalue weighted by Crippen LogP contribution is -2.43. The highest BCUT2D eigenvalue weighted by molar-refractivity contribution is 5.96. The number of aryl methyl sites for hydroxylation is 2. The number of aromatic nitrogens is 1. The zero-order valence-electron chi connectivity index (χ0n) is 17.1. The van der Waals surface area contributed by atoms with Crippen LogP contribution < -0.4 is 10.9 Å². The first kappa shape index (κ1) is 20.9. The summed E-state index contributed by atoms with van der Waals surface area (Å²) in [4.78, 5) is 36.3. The summed E-state index contributed by atoms with van der Waals surface area (Å²) >= 11 is 0. The number of carbonyl (C=O) groups is 3. The van der Waals surface area contributed by atoms with E-state index in [-0.39, 0.29) is 0 Å². The van der Waals surface area contributed by atoms with Crippen LogP contribution in [0.1, 0.15) is 37.7 Å². The fraction of sp³-hybridized carbons (Fsp3) is 0.174. The van der Waals surface area contributed by atoms with Gasteiger partial charge in [0.2, 0.25) is 0 Å². The molecule has 2 aromatic carbocycles. The molecule has 0 aliphatic rings. The number of carbonyl (C=O) groups excluding carboxylic acids is 3. The predicted molar refractivity (Wildman–Crippen MR) is 112 cm³/mol. The van der Waals surface area contributed by atoms with E-state index in [9.17, 15) is 14.4 Å². The Morgan fingerprint density at radius 2 is 1.57 bits per heavy atom. The number of amides is 2. The highest BCUT2D eigenvalue weighted by Crippen LogP contribution is 2.21. The van der Waals surface area contributed by atoms with Gasteiger partial charge in [-0.05, 0) is 51.1 Å². The van der Waals surface area contributed by atoms with Gasteiger partial charge < -0.3 is 9.30 Å². The van der Waals surface area contributed by atoms with Crippen LogP contribution in [0, 0.1) is 20.8 Å². The van der Waals surface area contributed by atoms with E-state index in [1.165, 1.54) is 0 Å². The molecular formula is C23H23N3O4. The Balaban J connectivity index is 1.58. The van der Waals surface area contributed by atoms with E-state index >= 15 is 0 Å². The first-order chi connectivity index (χ1) is 14.4. The summed E-state index contributed by atoms with van der Waals surface area (Å²) in [6.45, 7) is 5.22. The lowest BCUT2D eigenvalue weighted by molar-refractivity contribution is -0.125. The molecule has 3 aromatic rings. The average Bonchev–Trinajstić information content (AvgIpc) is 3.05. The molecule has 0 bridgehead atoms. The number of hydrazine groups is 1. The smallest absolute Gasteiger partial charge is 0.340 e. The Kier molecular flexibility index (Phi) is 6.32. The normalized spacial score (nSPS) is 10.4. The van der Waals surface area contributed by atoms with Crippen molar-refractivity contribution in [1.29, 1.82) is 0 Å². The average molecular weight is 405 g/mol. The van der Waals surface area contributed by atoms with Crippen LogP contribution in [0.25, 0.3) is 5.69 Å². The molecule has 1 heterocycles. The molecule has 1 aromatic heterocycles. The Morgan fingerprint density at radius 3 is 2.23 bits per heavy atom. The molecule has 0 aliphatic heterocycles. The summed E-state index contributed by atoms with van der Waals surface area (Å²) in [5, 5.41) is 0. The standard InChI is InChI=1S/C23H23N3O4/c1-15-9-11-19(12-10-15)26-16(2)13-20(17(26)3)23(29)30-14-21(27)24-25-22(28)18-7-5-4-6-8-18/h4-13H,14H2,1-3H3,(H,24,27)(H,25,28). The van der Waals surface area contributed by atoms with Gasteiger partial charge in [0, 0.05) is 22.6 Å². The van der Waals surface area contributed by atoms with Crippen LogP contribution in [-0.2, 0) is 9.53 Å². The third kappa shape index (κ3) is 4.75. The van der Waals surface area contributed by atoms with Gasteiger partial charge in [-0.3, -0.25) is 20.4 Å². The van der Waals surface area contributed by atoms with E-state index in [1.54, 1.807) is 36.4 Å². The molecule has 7 heteroatoms. The first-order valence-electron chi connectivity index (χ1n) is 9.44. The maximum absolute atomic E-state index is 12.5. The van der Waals surface area contributed by atoms with Crippen molar-refractivity contribution in [3.63, 3.8) is 0 Å². The number of hydrogen-bond acceptors (Lipinski definition) is 4. The molecule has 0 unspecified atom stereocenters. The number of nitrogens with one attached hydrogen (secondary N) is 2. The molecule has 3 rings (SSSR count). The van der Waals surface area contributed by atoms with E-state index in [2.05, 4.69) is 10.9 Å². The van der Waals surface area contributed by atoms with E-state index in [0.717, 1.165) is 22.6 Å². The SMILES string of the molecule is Cc1ccc(-n2c(C)cc(C(=O)OCC(=O)NNC(=O)c3ccccc3)c2C)cc1. The minimum absolute atomic E-state index is 0.384. The number of nitrogens with zero attached hydrogens (tertiary/aromatic N) is 1. The number of ether oxygens (including phenoxy) is 1. The Bertz CT molecular complexity index is 1070. The van der Waals surface area contributed by atoms with Crippen LogP contribution in [0.3, 0.4) is 0 Å². The molecule has 7 nitrogen and oxygen atoms in total. The van der Waals surface area contributed by atoms with Gasteiger partial charge in [-0.25, -0.2) is 4.79 Å². The van der Waals surface area contributed by atoms with Gasteiger partial charge in [0.15, 0.2) is 6.61 Å². The largest absolute Gasteiger partial charge is 0.452 e. The predicted octanol–water partition coefficient (Wildman–Crippen LogP) is 3.02. The van der Waals surface area contributed by atoms with E-state index in [4.69, 9.17) is 4.74 Å². The molecule has 2 amide bonds. The lowest BCUT2D eigenvalue weighted by Gasteiger charge is -2.10. The van der Waals surface area contributed by atoms with Crippen LogP contribution in [0.15, 0.2) is 60.7 Å². The highest BCUT2D eigenvalue weighted by atomic mass is 16.5. The molecule has 0 spiro atoms. The van der Waals surface area contributed by atoms with Gasteiger partial charge in [-0.15, -0.1) is 0 Å². The second-order valence-corrected chi connectivity index (χ2v) is 6.90. The maximum atomic E-state index is 12.5. The molecule has 30 heavy (non-hydrogen) atoms. The fourth-order valence-electron chi connectivity index (χ4n) is 3.09. The van der Waals surface area contributed by atoms with Crippen molar-refractivity contribution < 1.29 is 19.1 Å². The minimum Gasteiger partial charge on any atom is -0.452 e. The molecule has 0 saturated carbocycles. The van der Waals surface area contributed by atoms with E-state index in [0.29, 0.717) is 11.1 Å². The van der Waals surface area contributed by atoms with Crippen molar-refractivity contribution in [2.45, 2.75) is 20.8 Å². The summed E-state index contributed by atoms with van der Waals surface area (Å²) in [6.07, 6.45) is 0. The Labute approximate surface area is 174 Å². The van der Waals surface area contributed by atoms with Gasteiger partial charge >= 0.3 is 5.97 Å². The molecule has 0 aliphatic carbocycles. The van der Waals surface area contributed by atoms with Crippen LogP contribution in [-0.4, -0.2) is 29.0 Å². The minimum atomic E-state index is -0.639. The molecular weight excluding hydrogens is 382 g/mol. The number of esters is 1. The van der Waals surface area contributed by atoms with Gasteiger partial charge in [-0.2, -0.15) is 0 Å². The molecule has 0 fully saturated rings. The monoisotopic (exact) mass is 405 g/mol. The molecule has 154 valence electrons. The second kappa shape index (κ2) is 9.09. The van der Waals surface area contributed by atoms with E-state index < -0.39 is 24.4 Å². The van der Waals surface area contributed by atoms with Gasteiger partial charge in [0.1, 0.15) is 0 Å². The zero-order valence-corrected chi connectivity index (χ0v) is 17.1. The summed E-state index contributed by atoms with van der Waals surface area (Å²) in [5.74, 6) is -1.71. The number of rotatable bonds is 5. The summed E-state index contributed by atoms with van der Waals surface area (Å²) in [7, 11) is 0. The second-order valence-electron chi connectivity index (χ2n) is 6.90. The third-order valence-corrected chi connectivity index (χ3v) is 4.63. The highest BCUT2D eigenvalue weighted by Gasteiger charge is 2.19. The van der Waals surface area contributed by atoms with E-state index in [1.807, 2.05) is 49.6 Å². The molecule has 0 atom stereocenters. The third-order valence-electron chi connectivity index (χ3n) is 4.63. The Hall–Kier alpha value is -3.87. The maximum Gasteiger partial charge on any atom is 0.340 e. The molecule has 2 N–H and O–H groups in total. The van der Waals surface area contributed by atoms with Gasteiger partial charge in [-0.1, -0.05) is 35.9 Å². The summed E-state index contributed by atoms with van der Waals surface area (Å²) in [6, 6.07) is 18.1. The van der Waals surface area contributed by atoms with Crippen LogP contribution >= 0.6 is 0 Å². The molecule has 0 radical (unpaired) electrons. The first-order valence-corrected chi connectivity index (χ1v) is 9.44. The van der Waals surface area contributed by atoms with Crippen molar-refractivity contribution in [2.24, 2.45) is 0 Å². The Morgan fingerprint density at radius 1 is 0.900 bits per heavy atom. The summed E-state index contributed by atoms with van der Waals surface area (Å²) in [5.41, 5.74) is 8.98.